The van der Waals surface area contributed by atoms with Crippen molar-refractivity contribution in [3.8, 4) is 0 Å². The number of carbonyl (C=O) groups is 1. The third kappa shape index (κ3) is 2.58. The Morgan fingerprint density at radius 1 is 1.50 bits per heavy atom. The van der Waals surface area contributed by atoms with Gasteiger partial charge in [0, 0.05) is 39.1 Å². The molecule has 4 nitrogen and oxygen atoms in total. The Kier molecular flexibility index (Phi) is 3.51. The number of aromatic nitrogens is 1. The highest BCUT2D eigenvalue weighted by Crippen LogP contribution is 2.07. The van der Waals surface area contributed by atoms with Crippen LogP contribution in [0.4, 0.5) is 0 Å². The van der Waals surface area contributed by atoms with Crippen LogP contribution in [-0.4, -0.2) is 42.5 Å². The van der Waals surface area contributed by atoms with Gasteiger partial charge in [0.05, 0.1) is 5.92 Å². The van der Waals surface area contributed by atoms with E-state index in [1.54, 1.807) is 12.4 Å². The molecule has 16 heavy (non-hydrogen) atoms. The molecule has 86 valence electrons. The topological polar surface area (TPSA) is 45.2 Å². The van der Waals surface area contributed by atoms with Gasteiger partial charge >= 0.3 is 0 Å². The Bertz CT molecular complexity index is 349. The standard InChI is InChI=1S/C12H17N3O/c1-15(12(16)11-8-14-9-11)7-4-10-2-5-13-6-3-10/h2-3,5-6,11,14H,4,7-9H2,1H3. The maximum absolute atomic E-state index is 11.8. The van der Waals surface area contributed by atoms with Crippen LogP contribution < -0.4 is 5.32 Å². The molecule has 0 aromatic carbocycles. The van der Waals surface area contributed by atoms with E-state index in [0.717, 1.165) is 26.1 Å². The van der Waals surface area contributed by atoms with Gasteiger partial charge in [0.1, 0.15) is 0 Å². The highest BCUT2D eigenvalue weighted by atomic mass is 16.2. The first-order chi connectivity index (χ1) is 7.77. The summed E-state index contributed by atoms with van der Waals surface area (Å²) in [5.74, 6) is 0.454. The number of nitrogens with one attached hydrogen (secondary N) is 1. The first-order valence-electron chi connectivity index (χ1n) is 5.62. The van der Waals surface area contributed by atoms with Crippen molar-refractivity contribution in [2.24, 2.45) is 5.92 Å². The highest BCUT2D eigenvalue weighted by Gasteiger charge is 2.27. The van der Waals surface area contributed by atoms with Gasteiger partial charge in [0.2, 0.25) is 5.91 Å². The fourth-order valence-electron chi connectivity index (χ4n) is 1.73. The van der Waals surface area contributed by atoms with Crippen LogP contribution in [0.5, 0.6) is 0 Å². The summed E-state index contributed by atoms with van der Waals surface area (Å²) in [7, 11) is 1.88. The van der Waals surface area contributed by atoms with Gasteiger partial charge in [-0.1, -0.05) is 0 Å². The van der Waals surface area contributed by atoms with Crippen molar-refractivity contribution in [2.75, 3.05) is 26.7 Å². The zero-order valence-electron chi connectivity index (χ0n) is 9.52. The molecule has 2 rings (SSSR count). The van der Waals surface area contributed by atoms with E-state index < -0.39 is 0 Å². The van der Waals surface area contributed by atoms with Crippen LogP contribution in [0.2, 0.25) is 0 Å². The van der Waals surface area contributed by atoms with Crippen LogP contribution in [0.25, 0.3) is 0 Å². The molecule has 1 fully saturated rings. The van der Waals surface area contributed by atoms with Gasteiger partial charge in [-0.15, -0.1) is 0 Å². The van der Waals surface area contributed by atoms with E-state index in [1.807, 2.05) is 24.1 Å². The van der Waals surface area contributed by atoms with Crippen LogP contribution in [0.3, 0.4) is 0 Å². The molecule has 1 aromatic rings. The van der Waals surface area contributed by atoms with Gasteiger partial charge in [-0.3, -0.25) is 9.78 Å². The molecule has 0 radical (unpaired) electrons. The SMILES string of the molecule is CN(CCc1ccncc1)C(=O)C1CNC1. The van der Waals surface area contributed by atoms with Gasteiger partial charge in [-0.25, -0.2) is 0 Å². The lowest BCUT2D eigenvalue weighted by Gasteiger charge is -2.30. The number of nitrogens with zero attached hydrogens (tertiary/aromatic N) is 2. The Hall–Kier alpha value is -1.42. The molecule has 1 aliphatic rings. The molecule has 1 aliphatic heterocycles. The lowest BCUT2D eigenvalue weighted by atomic mass is 10.0. The molecule has 0 saturated carbocycles. The summed E-state index contributed by atoms with van der Waals surface area (Å²) in [5.41, 5.74) is 1.22. The molecule has 2 heterocycles. The van der Waals surface area contributed by atoms with Gasteiger partial charge < -0.3 is 10.2 Å². The molecule has 0 unspecified atom stereocenters. The van der Waals surface area contributed by atoms with E-state index in [1.165, 1.54) is 5.56 Å². The van der Waals surface area contributed by atoms with E-state index >= 15 is 0 Å². The lowest BCUT2D eigenvalue weighted by molar-refractivity contribution is -0.135. The zero-order chi connectivity index (χ0) is 11.4. The molecule has 1 saturated heterocycles. The second-order valence-corrected chi connectivity index (χ2v) is 4.22. The molecular formula is C12H17N3O. The normalized spacial score (nSPS) is 15.6. The van der Waals surface area contributed by atoms with Crippen molar-refractivity contribution in [3.05, 3.63) is 30.1 Å². The molecule has 0 spiro atoms. The van der Waals surface area contributed by atoms with E-state index in [9.17, 15) is 4.79 Å². The van der Waals surface area contributed by atoms with E-state index in [4.69, 9.17) is 0 Å². The van der Waals surface area contributed by atoms with Crippen LogP contribution in [0, 0.1) is 5.92 Å². The zero-order valence-corrected chi connectivity index (χ0v) is 9.52. The average Bonchev–Trinajstić information content (AvgIpc) is 2.25. The van der Waals surface area contributed by atoms with Crippen molar-refractivity contribution >= 4 is 5.91 Å². The summed E-state index contributed by atoms with van der Waals surface area (Å²) in [6, 6.07) is 3.98. The minimum Gasteiger partial charge on any atom is -0.345 e. The monoisotopic (exact) mass is 219 g/mol. The number of likely N-dealkylation sites (N-methyl/N-ethyl adjacent to an activating group) is 1. The summed E-state index contributed by atoms with van der Waals surface area (Å²) < 4.78 is 0. The van der Waals surface area contributed by atoms with Crippen LogP contribution in [0.15, 0.2) is 24.5 Å². The van der Waals surface area contributed by atoms with E-state index in [-0.39, 0.29) is 11.8 Å². The molecule has 0 bridgehead atoms. The first-order valence-corrected chi connectivity index (χ1v) is 5.62. The van der Waals surface area contributed by atoms with E-state index in [2.05, 4.69) is 10.3 Å². The number of carbonyl (C=O) groups excluding carboxylic acids is 1. The minimum absolute atomic E-state index is 0.197. The fraction of sp³-hybridized carbons (Fsp3) is 0.500. The fourth-order valence-corrected chi connectivity index (χ4v) is 1.73. The van der Waals surface area contributed by atoms with Gasteiger partial charge in [0.15, 0.2) is 0 Å². The van der Waals surface area contributed by atoms with Crippen molar-refractivity contribution in [3.63, 3.8) is 0 Å². The predicted molar refractivity (Wildman–Crippen MR) is 61.9 cm³/mol. The number of amides is 1. The lowest BCUT2D eigenvalue weighted by Crippen LogP contribution is -2.51. The van der Waals surface area contributed by atoms with Gasteiger partial charge in [-0.2, -0.15) is 0 Å². The summed E-state index contributed by atoms with van der Waals surface area (Å²) in [6.07, 6.45) is 4.46. The van der Waals surface area contributed by atoms with Crippen LogP contribution in [-0.2, 0) is 11.2 Å². The average molecular weight is 219 g/mol. The third-order valence-electron chi connectivity index (χ3n) is 2.99. The summed E-state index contributed by atoms with van der Waals surface area (Å²) in [4.78, 5) is 17.6. The molecule has 1 amide bonds. The Morgan fingerprint density at radius 2 is 2.19 bits per heavy atom. The number of hydrogen-bond acceptors (Lipinski definition) is 3. The van der Waals surface area contributed by atoms with Gasteiger partial charge in [-0.05, 0) is 24.1 Å². The molecule has 1 aromatic heterocycles. The summed E-state index contributed by atoms with van der Waals surface area (Å²) in [6.45, 7) is 2.44. The third-order valence-corrected chi connectivity index (χ3v) is 2.99. The van der Waals surface area contributed by atoms with Gasteiger partial charge in [0.25, 0.3) is 0 Å². The smallest absolute Gasteiger partial charge is 0.228 e. The number of rotatable bonds is 4. The molecule has 0 aliphatic carbocycles. The van der Waals surface area contributed by atoms with E-state index in [0.29, 0.717) is 0 Å². The first kappa shape index (κ1) is 11.1. The maximum atomic E-state index is 11.8. The molecule has 4 heteroatoms. The van der Waals surface area contributed by atoms with Crippen molar-refractivity contribution in [1.29, 1.82) is 0 Å². The molecule has 1 N–H and O–H groups in total. The minimum atomic E-state index is 0.197. The predicted octanol–water partition coefficient (Wildman–Crippen LogP) is 0.302. The Balaban J connectivity index is 1.79. The largest absolute Gasteiger partial charge is 0.345 e. The summed E-state index contributed by atoms with van der Waals surface area (Å²) in [5, 5.41) is 3.12. The van der Waals surface area contributed by atoms with Crippen LogP contribution in [0.1, 0.15) is 5.56 Å². The van der Waals surface area contributed by atoms with Crippen LogP contribution >= 0.6 is 0 Å². The van der Waals surface area contributed by atoms with Crippen molar-refractivity contribution in [1.82, 2.24) is 15.2 Å². The number of hydrogen-bond donors (Lipinski definition) is 1. The molecular weight excluding hydrogens is 202 g/mol. The summed E-state index contributed by atoms with van der Waals surface area (Å²) >= 11 is 0. The van der Waals surface area contributed by atoms with Crippen molar-refractivity contribution in [2.45, 2.75) is 6.42 Å². The number of pyridine rings is 1. The molecule has 0 atom stereocenters. The second kappa shape index (κ2) is 5.07. The Morgan fingerprint density at radius 3 is 2.75 bits per heavy atom. The highest BCUT2D eigenvalue weighted by molar-refractivity contribution is 5.79. The maximum Gasteiger partial charge on any atom is 0.228 e. The quantitative estimate of drug-likeness (QED) is 0.792. The Labute approximate surface area is 95.7 Å². The second-order valence-electron chi connectivity index (χ2n) is 4.22. The van der Waals surface area contributed by atoms with Crippen molar-refractivity contribution < 1.29 is 4.79 Å².